The molecule has 0 spiro atoms. The average molecular weight is 322 g/mol. The molecule has 2 aromatic rings. The van der Waals surface area contributed by atoms with Crippen LogP contribution < -0.4 is 10.6 Å². The largest absolute Gasteiger partial charge is 0.348 e. The molecule has 0 unspecified atom stereocenters. The van der Waals surface area contributed by atoms with Gasteiger partial charge in [0.05, 0.1) is 0 Å². The summed E-state index contributed by atoms with van der Waals surface area (Å²) < 4.78 is 0. The first-order valence-electron chi connectivity index (χ1n) is 8.42. The van der Waals surface area contributed by atoms with Crippen molar-refractivity contribution >= 4 is 17.5 Å². The molecule has 1 fully saturated rings. The second-order valence-electron chi connectivity index (χ2n) is 6.20. The molecule has 2 N–H and O–H groups in total. The van der Waals surface area contributed by atoms with Crippen molar-refractivity contribution in [1.82, 2.24) is 5.32 Å². The Morgan fingerprint density at radius 3 is 2.46 bits per heavy atom. The highest BCUT2D eigenvalue weighted by Crippen LogP contribution is 2.30. The van der Waals surface area contributed by atoms with Gasteiger partial charge in [-0.3, -0.25) is 9.59 Å². The lowest BCUT2D eigenvalue weighted by Crippen LogP contribution is -2.22. The first-order chi connectivity index (χ1) is 11.7. The maximum absolute atomic E-state index is 12.2. The number of amides is 2. The highest BCUT2D eigenvalue weighted by atomic mass is 16.2. The molecule has 0 aromatic heterocycles. The molecule has 3 rings (SSSR count). The third-order valence-electron chi connectivity index (χ3n) is 4.22. The molecule has 0 radical (unpaired) electrons. The molecule has 4 heteroatoms. The van der Waals surface area contributed by atoms with Crippen LogP contribution in [0.15, 0.2) is 48.5 Å². The molecule has 0 aliphatic heterocycles. The number of aryl methyl sites for hydroxylation is 1. The molecule has 1 saturated carbocycles. The van der Waals surface area contributed by atoms with E-state index in [1.807, 2.05) is 48.5 Å². The summed E-state index contributed by atoms with van der Waals surface area (Å²) in [6, 6.07) is 15.2. The fourth-order valence-electron chi connectivity index (χ4n) is 2.53. The van der Waals surface area contributed by atoms with Gasteiger partial charge in [0, 0.05) is 23.7 Å². The minimum Gasteiger partial charge on any atom is -0.348 e. The molecule has 124 valence electrons. The third-order valence-corrected chi connectivity index (χ3v) is 4.22. The quantitative estimate of drug-likeness (QED) is 0.855. The van der Waals surface area contributed by atoms with Crippen molar-refractivity contribution in [1.29, 1.82) is 0 Å². The fraction of sp³-hybridized carbons (Fsp3) is 0.300. The number of anilines is 1. The van der Waals surface area contributed by atoms with E-state index in [0.717, 1.165) is 30.5 Å². The SMILES string of the molecule is CCc1ccc(C(=O)NCc2cccc(NC(=O)C3CC3)c2)cc1. The molecular weight excluding hydrogens is 300 g/mol. The Bertz CT molecular complexity index is 734. The van der Waals surface area contributed by atoms with Crippen molar-refractivity contribution in [3.8, 4) is 0 Å². The summed E-state index contributed by atoms with van der Waals surface area (Å²) in [5.74, 6) is 0.178. The van der Waals surface area contributed by atoms with E-state index in [-0.39, 0.29) is 17.7 Å². The van der Waals surface area contributed by atoms with Crippen LogP contribution in [0.2, 0.25) is 0 Å². The van der Waals surface area contributed by atoms with E-state index in [4.69, 9.17) is 0 Å². The Morgan fingerprint density at radius 2 is 1.79 bits per heavy atom. The Kier molecular flexibility index (Phi) is 4.94. The molecule has 4 nitrogen and oxygen atoms in total. The predicted octanol–water partition coefficient (Wildman–Crippen LogP) is 3.53. The highest BCUT2D eigenvalue weighted by Gasteiger charge is 2.29. The molecule has 1 aliphatic rings. The molecule has 0 saturated heterocycles. The van der Waals surface area contributed by atoms with Crippen LogP contribution in [0.4, 0.5) is 5.69 Å². The van der Waals surface area contributed by atoms with Crippen LogP contribution in [0.5, 0.6) is 0 Å². The lowest BCUT2D eigenvalue weighted by molar-refractivity contribution is -0.117. The Balaban J connectivity index is 1.57. The summed E-state index contributed by atoms with van der Waals surface area (Å²) >= 11 is 0. The van der Waals surface area contributed by atoms with Crippen LogP contribution in [-0.2, 0) is 17.8 Å². The van der Waals surface area contributed by atoms with Crippen molar-refractivity contribution in [3.05, 3.63) is 65.2 Å². The second kappa shape index (κ2) is 7.30. The molecule has 2 amide bonds. The topological polar surface area (TPSA) is 58.2 Å². The monoisotopic (exact) mass is 322 g/mol. The minimum absolute atomic E-state index is 0.0900. The van der Waals surface area contributed by atoms with Crippen LogP contribution in [0.1, 0.15) is 41.3 Å². The van der Waals surface area contributed by atoms with Gasteiger partial charge < -0.3 is 10.6 Å². The van der Waals surface area contributed by atoms with E-state index in [2.05, 4.69) is 17.6 Å². The third kappa shape index (κ3) is 4.22. The summed E-state index contributed by atoms with van der Waals surface area (Å²) in [5, 5.41) is 5.84. The van der Waals surface area contributed by atoms with Gasteiger partial charge in [-0.2, -0.15) is 0 Å². The van der Waals surface area contributed by atoms with Gasteiger partial charge in [0.2, 0.25) is 5.91 Å². The van der Waals surface area contributed by atoms with Gasteiger partial charge in [0.25, 0.3) is 5.91 Å². The van der Waals surface area contributed by atoms with Gasteiger partial charge >= 0.3 is 0 Å². The first kappa shape index (κ1) is 16.2. The van der Waals surface area contributed by atoms with Crippen molar-refractivity contribution in [2.24, 2.45) is 5.92 Å². The lowest BCUT2D eigenvalue weighted by Gasteiger charge is -2.09. The van der Waals surface area contributed by atoms with Gasteiger partial charge in [0.1, 0.15) is 0 Å². The Morgan fingerprint density at radius 1 is 1.04 bits per heavy atom. The molecule has 0 bridgehead atoms. The van der Waals surface area contributed by atoms with Crippen molar-refractivity contribution < 1.29 is 9.59 Å². The molecule has 0 heterocycles. The molecule has 24 heavy (non-hydrogen) atoms. The van der Waals surface area contributed by atoms with Crippen LogP contribution in [0, 0.1) is 5.92 Å². The zero-order valence-corrected chi connectivity index (χ0v) is 13.8. The van der Waals surface area contributed by atoms with Crippen LogP contribution >= 0.6 is 0 Å². The molecule has 2 aromatic carbocycles. The molecule has 1 aliphatic carbocycles. The van der Waals surface area contributed by atoms with E-state index < -0.39 is 0 Å². The highest BCUT2D eigenvalue weighted by molar-refractivity contribution is 5.95. The maximum atomic E-state index is 12.2. The summed E-state index contributed by atoms with van der Waals surface area (Å²) in [7, 11) is 0. The molecular formula is C20H22N2O2. The Hall–Kier alpha value is -2.62. The van der Waals surface area contributed by atoms with Gasteiger partial charge in [-0.15, -0.1) is 0 Å². The zero-order chi connectivity index (χ0) is 16.9. The first-order valence-corrected chi connectivity index (χ1v) is 8.42. The normalized spacial score (nSPS) is 13.4. The Labute approximate surface area is 142 Å². The van der Waals surface area contributed by atoms with Gasteiger partial charge in [0.15, 0.2) is 0 Å². The van der Waals surface area contributed by atoms with Crippen molar-refractivity contribution in [2.75, 3.05) is 5.32 Å². The summed E-state index contributed by atoms with van der Waals surface area (Å²) in [6.45, 7) is 2.52. The maximum Gasteiger partial charge on any atom is 0.251 e. The summed E-state index contributed by atoms with van der Waals surface area (Å²) in [5.41, 5.74) is 3.61. The number of hydrogen-bond acceptors (Lipinski definition) is 2. The number of benzene rings is 2. The standard InChI is InChI=1S/C20H22N2O2/c1-2-14-6-8-16(9-7-14)19(23)21-13-15-4-3-5-18(12-15)22-20(24)17-10-11-17/h3-9,12,17H,2,10-11,13H2,1H3,(H,21,23)(H,22,24). The summed E-state index contributed by atoms with van der Waals surface area (Å²) in [6.07, 6.45) is 2.93. The van der Waals surface area contributed by atoms with Gasteiger partial charge in [-0.25, -0.2) is 0 Å². The van der Waals surface area contributed by atoms with E-state index in [0.29, 0.717) is 12.1 Å². The van der Waals surface area contributed by atoms with Crippen LogP contribution in [0.25, 0.3) is 0 Å². The van der Waals surface area contributed by atoms with Crippen molar-refractivity contribution in [3.63, 3.8) is 0 Å². The number of hydrogen-bond donors (Lipinski definition) is 2. The number of carbonyl (C=O) groups excluding carboxylic acids is 2. The predicted molar refractivity (Wildman–Crippen MR) is 94.8 cm³/mol. The van der Waals surface area contributed by atoms with E-state index >= 15 is 0 Å². The van der Waals surface area contributed by atoms with Crippen LogP contribution in [0.3, 0.4) is 0 Å². The number of rotatable bonds is 6. The second-order valence-corrected chi connectivity index (χ2v) is 6.20. The van der Waals surface area contributed by atoms with E-state index in [9.17, 15) is 9.59 Å². The van der Waals surface area contributed by atoms with Gasteiger partial charge in [-0.1, -0.05) is 31.2 Å². The van der Waals surface area contributed by atoms with Crippen molar-refractivity contribution in [2.45, 2.75) is 32.7 Å². The lowest BCUT2D eigenvalue weighted by atomic mass is 10.1. The fourth-order valence-corrected chi connectivity index (χ4v) is 2.53. The zero-order valence-electron chi connectivity index (χ0n) is 13.8. The number of nitrogens with one attached hydrogen (secondary N) is 2. The van der Waals surface area contributed by atoms with Gasteiger partial charge in [-0.05, 0) is 54.7 Å². The van der Waals surface area contributed by atoms with E-state index in [1.165, 1.54) is 5.56 Å². The summed E-state index contributed by atoms with van der Waals surface area (Å²) in [4.78, 5) is 24.0. The number of carbonyl (C=O) groups is 2. The van der Waals surface area contributed by atoms with E-state index in [1.54, 1.807) is 0 Å². The molecule has 0 atom stereocenters. The minimum atomic E-state index is -0.0925. The van der Waals surface area contributed by atoms with Crippen LogP contribution in [-0.4, -0.2) is 11.8 Å². The smallest absolute Gasteiger partial charge is 0.251 e. The average Bonchev–Trinajstić information content (AvgIpc) is 3.45.